The first-order valence-corrected chi connectivity index (χ1v) is 17.3. The number of carbonyl (C=O) groups is 2. The Morgan fingerprint density at radius 2 is 1.21 bits per heavy atom. The Morgan fingerprint density at radius 1 is 0.688 bits per heavy atom. The van der Waals surface area contributed by atoms with Crippen molar-refractivity contribution in [2.24, 2.45) is 0 Å². The van der Waals surface area contributed by atoms with Gasteiger partial charge in [0.2, 0.25) is 11.8 Å². The number of hydrogen-bond acceptors (Lipinski definition) is 5. The van der Waals surface area contributed by atoms with Crippen LogP contribution in [0.1, 0.15) is 24.5 Å². The smallest absolute Gasteiger partial charge is 0.264 e. The van der Waals surface area contributed by atoms with Gasteiger partial charge in [0.25, 0.3) is 10.0 Å². The number of benzene rings is 5. The van der Waals surface area contributed by atoms with Crippen LogP contribution < -0.4 is 14.4 Å². The number of sulfonamides is 1. The molecule has 1 N–H and O–H groups in total. The highest BCUT2D eigenvalue weighted by molar-refractivity contribution is 7.92. The van der Waals surface area contributed by atoms with Crippen molar-refractivity contribution >= 4 is 27.5 Å². The Morgan fingerprint density at radius 3 is 1.79 bits per heavy atom. The molecule has 0 heterocycles. The zero-order chi connectivity index (χ0) is 33.8. The minimum absolute atomic E-state index is 0.0403. The standard InChI is InChI=1S/C39H39N3O5S/c1-2-27-40-39(44)37(28-31-15-7-3-8-16-31)41(29-32-17-9-4-10-18-32)38(43)30-42(48(45,46)36-21-13-6-14-22-36)33-23-25-35(26-24-33)47-34-19-11-5-12-20-34/h3-26,37H,2,27-30H2,1H3,(H,40,44)/t37-/m0/s1. The van der Waals surface area contributed by atoms with Crippen molar-refractivity contribution in [1.29, 1.82) is 0 Å². The third-order valence-corrected chi connectivity index (χ3v) is 9.52. The van der Waals surface area contributed by atoms with Crippen LogP contribution in [0.5, 0.6) is 11.5 Å². The molecule has 0 aliphatic carbocycles. The van der Waals surface area contributed by atoms with Crippen molar-refractivity contribution in [2.45, 2.75) is 37.2 Å². The third-order valence-electron chi connectivity index (χ3n) is 7.73. The van der Waals surface area contributed by atoms with Gasteiger partial charge >= 0.3 is 0 Å². The van der Waals surface area contributed by atoms with Gasteiger partial charge in [0.1, 0.15) is 24.1 Å². The molecule has 2 amide bonds. The monoisotopic (exact) mass is 661 g/mol. The number of nitrogens with one attached hydrogen (secondary N) is 1. The van der Waals surface area contributed by atoms with Crippen molar-refractivity contribution < 1.29 is 22.7 Å². The van der Waals surface area contributed by atoms with Gasteiger partial charge in [-0.3, -0.25) is 13.9 Å². The third kappa shape index (κ3) is 8.89. The lowest BCUT2D eigenvalue weighted by Crippen LogP contribution is -2.53. The average molecular weight is 662 g/mol. The fourth-order valence-electron chi connectivity index (χ4n) is 5.25. The molecule has 5 rings (SSSR count). The summed E-state index contributed by atoms with van der Waals surface area (Å²) in [7, 11) is -4.20. The first-order valence-electron chi connectivity index (χ1n) is 15.9. The van der Waals surface area contributed by atoms with Gasteiger partial charge in [0, 0.05) is 19.5 Å². The summed E-state index contributed by atoms with van der Waals surface area (Å²) in [6.07, 6.45) is 0.982. The van der Waals surface area contributed by atoms with E-state index in [1.165, 1.54) is 17.0 Å². The number of ether oxygens (including phenoxy) is 1. The first-order chi connectivity index (χ1) is 23.3. The zero-order valence-electron chi connectivity index (χ0n) is 26.8. The van der Waals surface area contributed by atoms with Crippen molar-refractivity contribution in [3.8, 4) is 11.5 Å². The summed E-state index contributed by atoms with van der Waals surface area (Å²) in [4.78, 5) is 29.8. The van der Waals surface area contributed by atoms with Crippen LogP contribution in [0, 0.1) is 0 Å². The largest absolute Gasteiger partial charge is 0.457 e. The minimum Gasteiger partial charge on any atom is -0.457 e. The van der Waals surface area contributed by atoms with E-state index >= 15 is 0 Å². The summed E-state index contributed by atoms with van der Waals surface area (Å²) < 4.78 is 35.4. The van der Waals surface area contributed by atoms with Gasteiger partial charge in [0.05, 0.1) is 10.6 Å². The van der Waals surface area contributed by atoms with Crippen LogP contribution >= 0.6 is 0 Å². The van der Waals surface area contributed by atoms with E-state index in [1.807, 2.05) is 97.9 Å². The molecule has 0 radical (unpaired) electrons. The maximum absolute atomic E-state index is 14.5. The van der Waals surface area contributed by atoms with E-state index in [0.717, 1.165) is 21.9 Å². The van der Waals surface area contributed by atoms with E-state index in [0.29, 0.717) is 18.0 Å². The van der Waals surface area contributed by atoms with Gasteiger partial charge in [-0.15, -0.1) is 0 Å². The van der Waals surface area contributed by atoms with Gasteiger partial charge in [-0.1, -0.05) is 104 Å². The van der Waals surface area contributed by atoms with E-state index in [4.69, 9.17) is 4.74 Å². The number of amides is 2. The average Bonchev–Trinajstić information content (AvgIpc) is 3.13. The maximum atomic E-state index is 14.5. The van der Waals surface area contributed by atoms with Crippen molar-refractivity contribution in [3.05, 3.63) is 157 Å². The molecule has 9 heteroatoms. The Hall–Kier alpha value is -5.41. The van der Waals surface area contributed by atoms with Crippen LogP contribution in [-0.4, -0.2) is 44.3 Å². The highest BCUT2D eigenvalue weighted by atomic mass is 32.2. The molecule has 5 aromatic carbocycles. The SMILES string of the molecule is CCCNC(=O)[C@H](Cc1ccccc1)N(Cc1ccccc1)C(=O)CN(c1ccc(Oc2ccccc2)cc1)S(=O)(=O)c1ccccc1. The van der Waals surface area contributed by atoms with E-state index in [1.54, 1.807) is 42.5 Å². The number of hydrogen-bond donors (Lipinski definition) is 1. The first kappa shape index (κ1) is 33.9. The fraction of sp³-hybridized carbons (Fsp3) is 0.179. The van der Waals surface area contributed by atoms with Crippen LogP contribution in [0.15, 0.2) is 150 Å². The van der Waals surface area contributed by atoms with Gasteiger partial charge in [-0.25, -0.2) is 8.42 Å². The summed E-state index contributed by atoms with van der Waals surface area (Å²) >= 11 is 0. The molecule has 1 atom stereocenters. The van der Waals surface area contributed by atoms with Crippen molar-refractivity contribution in [2.75, 3.05) is 17.4 Å². The molecule has 0 fully saturated rings. The summed E-state index contributed by atoms with van der Waals surface area (Å²) in [5.74, 6) is 0.325. The molecular weight excluding hydrogens is 623 g/mol. The van der Waals surface area contributed by atoms with Gasteiger partial charge in [-0.05, 0) is 66.1 Å². The highest BCUT2D eigenvalue weighted by Crippen LogP contribution is 2.29. The second-order valence-corrected chi connectivity index (χ2v) is 13.1. The molecule has 0 aliphatic heterocycles. The Kier molecular flexibility index (Phi) is 11.6. The van der Waals surface area contributed by atoms with Gasteiger partial charge in [-0.2, -0.15) is 0 Å². The molecule has 0 aromatic heterocycles. The van der Waals surface area contributed by atoms with E-state index in [9.17, 15) is 18.0 Å². The molecule has 5 aromatic rings. The van der Waals surface area contributed by atoms with Crippen LogP contribution in [0.3, 0.4) is 0 Å². The number of para-hydroxylation sites is 1. The zero-order valence-corrected chi connectivity index (χ0v) is 27.6. The normalized spacial score (nSPS) is 11.7. The minimum atomic E-state index is -4.20. The summed E-state index contributed by atoms with van der Waals surface area (Å²) in [6, 6.07) is 41.8. The number of carbonyl (C=O) groups excluding carboxylic acids is 2. The molecule has 0 unspecified atom stereocenters. The van der Waals surface area contributed by atoms with E-state index in [2.05, 4.69) is 5.32 Å². The summed E-state index contributed by atoms with van der Waals surface area (Å²) in [5, 5.41) is 2.96. The lowest BCUT2D eigenvalue weighted by molar-refractivity contribution is -0.140. The van der Waals surface area contributed by atoms with Crippen LogP contribution in [0.2, 0.25) is 0 Å². The van der Waals surface area contributed by atoms with Crippen LogP contribution in [-0.2, 0) is 32.6 Å². The highest BCUT2D eigenvalue weighted by Gasteiger charge is 2.34. The molecule has 0 bridgehead atoms. The molecule has 0 spiro atoms. The molecule has 246 valence electrons. The molecule has 0 saturated carbocycles. The maximum Gasteiger partial charge on any atom is 0.264 e. The molecular formula is C39H39N3O5S. The van der Waals surface area contributed by atoms with Gasteiger partial charge < -0.3 is 15.0 Å². The van der Waals surface area contributed by atoms with Crippen LogP contribution in [0.25, 0.3) is 0 Å². The second kappa shape index (κ2) is 16.4. The Labute approximate surface area is 282 Å². The van der Waals surface area contributed by atoms with E-state index in [-0.39, 0.29) is 29.5 Å². The fourth-order valence-corrected chi connectivity index (χ4v) is 6.69. The predicted molar refractivity (Wildman–Crippen MR) is 188 cm³/mol. The molecule has 48 heavy (non-hydrogen) atoms. The predicted octanol–water partition coefficient (Wildman–Crippen LogP) is 6.84. The number of nitrogens with zero attached hydrogens (tertiary/aromatic N) is 2. The van der Waals surface area contributed by atoms with E-state index < -0.39 is 28.5 Å². The van der Waals surface area contributed by atoms with Crippen molar-refractivity contribution in [3.63, 3.8) is 0 Å². The lowest BCUT2D eigenvalue weighted by Gasteiger charge is -2.34. The molecule has 0 aliphatic rings. The number of anilines is 1. The number of rotatable bonds is 15. The molecule has 0 saturated heterocycles. The second-order valence-electron chi connectivity index (χ2n) is 11.2. The van der Waals surface area contributed by atoms with Crippen LogP contribution in [0.4, 0.5) is 5.69 Å². The summed E-state index contributed by atoms with van der Waals surface area (Å²) in [6.45, 7) is 1.99. The quantitative estimate of drug-likeness (QED) is 0.133. The lowest BCUT2D eigenvalue weighted by atomic mass is 10.0. The summed E-state index contributed by atoms with van der Waals surface area (Å²) in [5.41, 5.74) is 1.97. The van der Waals surface area contributed by atoms with Gasteiger partial charge in [0.15, 0.2) is 0 Å². The molecule has 8 nitrogen and oxygen atoms in total. The Bertz CT molecular complexity index is 1860. The topological polar surface area (TPSA) is 96.0 Å². The van der Waals surface area contributed by atoms with Crippen molar-refractivity contribution in [1.82, 2.24) is 10.2 Å². The Balaban J connectivity index is 1.53.